The highest BCUT2D eigenvalue weighted by atomic mass is 32.5. The van der Waals surface area contributed by atoms with Gasteiger partial charge in [-0.15, -0.1) is 10.2 Å². The van der Waals surface area contributed by atoms with Gasteiger partial charge in [0.15, 0.2) is 11.4 Å². The van der Waals surface area contributed by atoms with Crippen molar-refractivity contribution in [2.75, 3.05) is 20.3 Å². The van der Waals surface area contributed by atoms with E-state index in [-0.39, 0.29) is 55.0 Å². The average molecular weight is 554 g/mol. The van der Waals surface area contributed by atoms with E-state index in [0.29, 0.717) is 0 Å². The van der Waals surface area contributed by atoms with Gasteiger partial charge in [0.2, 0.25) is 11.5 Å². The van der Waals surface area contributed by atoms with E-state index in [9.17, 15) is 24.2 Å². The summed E-state index contributed by atoms with van der Waals surface area (Å²) in [5.74, 6) is -1.30. The highest BCUT2D eigenvalue weighted by Gasteiger charge is 2.65. The molecule has 15 heteroatoms. The Balaban J connectivity index is 1.93. The molecule has 0 saturated carbocycles. The smallest absolute Gasteiger partial charge is 0.310 e. The summed E-state index contributed by atoms with van der Waals surface area (Å²) in [5.41, 5.74) is -0.849. The minimum atomic E-state index is -10.1. The van der Waals surface area contributed by atoms with Crippen LogP contribution in [0.1, 0.15) is 43.5 Å². The average Bonchev–Trinajstić information content (AvgIpc) is 3.13. The number of nitrogens with zero attached hydrogens (tertiary/aromatic N) is 4. The molecule has 0 aliphatic carbocycles. The van der Waals surface area contributed by atoms with Crippen LogP contribution in [-0.4, -0.2) is 51.6 Å². The molecule has 0 fully saturated rings. The third-order valence-corrected chi connectivity index (χ3v) is 6.49. The Morgan fingerprint density at radius 1 is 1.05 bits per heavy atom. The molecule has 0 aliphatic rings. The predicted octanol–water partition coefficient (Wildman–Crippen LogP) is 5.53. The summed E-state index contributed by atoms with van der Waals surface area (Å²) in [6, 6.07) is 4.25. The second-order valence-electron chi connectivity index (χ2n) is 8.26. The van der Waals surface area contributed by atoms with Gasteiger partial charge in [0.1, 0.15) is 17.2 Å². The third-order valence-electron chi connectivity index (χ3n) is 5.36. The monoisotopic (exact) mass is 553 g/mol. The molecule has 1 N–H and O–H groups in total. The van der Waals surface area contributed by atoms with Crippen molar-refractivity contribution in [3.05, 3.63) is 41.5 Å². The first kappa shape index (κ1) is 28.4. The van der Waals surface area contributed by atoms with Crippen LogP contribution in [0, 0.1) is 5.41 Å². The second-order valence-corrected chi connectivity index (χ2v) is 10.7. The molecule has 0 unspecified atom stereocenters. The summed E-state index contributed by atoms with van der Waals surface area (Å²) in [6.07, 6.45) is 1.66. The molecule has 37 heavy (non-hydrogen) atoms. The molecule has 0 radical (unpaired) electrons. The van der Waals surface area contributed by atoms with E-state index < -0.39 is 38.8 Å². The molecule has 0 bridgehead atoms. The van der Waals surface area contributed by atoms with Gasteiger partial charge < -0.3 is 14.2 Å². The third kappa shape index (κ3) is 7.19. The van der Waals surface area contributed by atoms with Crippen LogP contribution in [-0.2, 0) is 11.3 Å². The van der Waals surface area contributed by atoms with Crippen LogP contribution in [0.3, 0.4) is 0 Å². The minimum absolute atomic E-state index is 0.0890. The number of hydrogen-bond acceptors (Lipinski definition) is 7. The Bertz CT molecular complexity index is 1340. The van der Waals surface area contributed by atoms with Gasteiger partial charge in [-0.05, 0) is 31.0 Å². The number of ether oxygens (including phenoxy) is 3. The Morgan fingerprint density at radius 2 is 1.76 bits per heavy atom. The highest BCUT2D eigenvalue weighted by Crippen LogP contribution is 3.02. The molecule has 3 aromatic rings. The van der Waals surface area contributed by atoms with E-state index in [1.807, 2.05) is 13.8 Å². The van der Waals surface area contributed by atoms with Gasteiger partial charge in [-0.3, -0.25) is 10.2 Å². The maximum atomic E-state index is 13.6. The Hall–Kier alpha value is -3.20. The van der Waals surface area contributed by atoms with Crippen molar-refractivity contribution < 1.29 is 38.4 Å². The Kier molecular flexibility index (Phi) is 7.61. The molecule has 0 aliphatic heterocycles. The summed E-state index contributed by atoms with van der Waals surface area (Å²) in [6.45, 7) is 3.32. The van der Waals surface area contributed by atoms with Gasteiger partial charge in [0.05, 0.1) is 12.7 Å². The lowest BCUT2D eigenvalue weighted by Crippen LogP contribution is -2.26. The standard InChI is InChI=1S/C22H28F5N5O4S/c1-4-16(5-2)36-21-8-7-20-29-31(22(28)32(20)30-21)14-19(33)15-11-17(35-10-6-9-34-3)13-18(12-15)37(23,24,25,26)27/h7-8,11-13,16,28H,4-6,9-10,14H2,1-3H3. The molecular formula is C22H28F5N5O4S. The second kappa shape index (κ2) is 9.93. The lowest BCUT2D eigenvalue weighted by Gasteiger charge is -2.40. The number of rotatable bonds is 13. The molecule has 3 rings (SSSR count). The van der Waals surface area contributed by atoms with Gasteiger partial charge >= 0.3 is 10.2 Å². The largest absolute Gasteiger partial charge is 0.493 e. The number of carbonyl (C=O) groups excluding carboxylic acids is 1. The van der Waals surface area contributed by atoms with Crippen molar-refractivity contribution in [1.82, 2.24) is 19.4 Å². The van der Waals surface area contributed by atoms with Crippen LogP contribution in [0.5, 0.6) is 11.6 Å². The number of methoxy groups -OCH3 is 1. The SMILES string of the molecule is CCC(CC)Oc1ccc2nn(CC(=O)c3cc(OCCCOC)cc(S(F)(F)(F)(F)F)c3)c(=N)n2n1. The molecular weight excluding hydrogens is 525 g/mol. The molecule has 0 spiro atoms. The zero-order valence-electron chi connectivity index (χ0n) is 20.4. The quantitative estimate of drug-likeness (QED) is 0.170. The summed E-state index contributed by atoms with van der Waals surface area (Å²) >= 11 is 0. The van der Waals surface area contributed by atoms with Crippen molar-refractivity contribution >= 4 is 21.7 Å². The van der Waals surface area contributed by atoms with Gasteiger partial charge in [0, 0.05) is 37.8 Å². The zero-order chi connectivity index (χ0) is 27.5. The summed E-state index contributed by atoms with van der Waals surface area (Å²) < 4.78 is 85.6. The molecule has 0 saturated heterocycles. The number of hydrogen-bond donors (Lipinski definition) is 1. The molecule has 206 valence electrons. The number of Topliss-reactive ketones (excluding diaryl/α,β-unsaturated/α-hetero) is 1. The van der Waals surface area contributed by atoms with Crippen LogP contribution in [0.25, 0.3) is 5.65 Å². The number of benzene rings is 1. The topological polar surface area (TPSA) is 104 Å². The zero-order valence-corrected chi connectivity index (χ0v) is 21.2. The molecule has 9 nitrogen and oxygen atoms in total. The lowest BCUT2D eigenvalue weighted by atomic mass is 10.1. The first-order valence-corrected chi connectivity index (χ1v) is 13.3. The highest BCUT2D eigenvalue weighted by molar-refractivity contribution is 8.45. The summed E-state index contributed by atoms with van der Waals surface area (Å²) in [7, 11) is -8.71. The van der Waals surface area contributed by atoms with Crippen molar-refractivity contribution in [1.29, 1.82) is 5.41 Å². The number of halogens is 5. The number of fused-ring (bicyclic) bond motifs is 1. The number of nitrogens with one attached hydrogen (secondary N) is 1. The fourth-order valence-corrected chi connectivity index (χ4v) is 4.06. The fraction of sp³-hybridized carbons (Fsp3) is 0.455. The van der Waals surface area contributed by atoms with Crippen molar-refractivity contribution in [3.63, 3.8) is 0 Å². The molecule has 1 aromatic carbocycles. The van der Waals surface area contributed by atoms with Gasteiger partial charge in [-0.1, -0.05) is 33.3 Å². The molecule has 2 heterocycles. The summed E-state index contributed by atoms with van der Waals surface area (Å²) in [4.78, 5) is 10.6. The van der Waals surface area contributed by atoms with Crippen LogP contribution >= 0.6 is 10.2 Å². The van der Waals surface area contributed by atoms with Crippen LogP contribution in [0.2, 0.25) is 0 Å². The first-order chi connectivity index (χ1) is 17.1. The van der Waals surface area contributed by atoms with Crippen molar-refractivity contribution in [2.24, 2.45) is 0 Å². The first-order valence-electron chi connectivity index (χ1n) is 11.4. The fourth-order valence-electron chi connectivity index (χ4n) is 3.37. The molecule has 0 amide bonds. The minimum Gasteiger partial charge on any atom is -0.493 e. The van der Waals surface area contributed by atoms with Crippen LogP contribution in [0.15, 0.2) is 35.2 Å². The van der Waals surface area contributed by atoms with E-state index >= 15 is 0 Å². The number of ketones is 1. The van der Waals surface area contributed by atoms with E-state index in [1.54, 1.807) is 0 Å². The normalized spacial score (nSPS) is 14.0. The number of carbonyl (C=O) groups is 1. The van der Waals surface area contributed by atoms with Gasteiger partial charge in [-0.2, -0.15) is 4.52 Å². The van der Waals surface area contributed by atoms with E-state index in [1.165, 1.54) is 19.2 Å². The summed E-state index contributed by atoms with van der Waals surface area (Å²) in [5, 5.41) is 16.5. The van der Waals surface area contributed by atoms with E-state index in [2.05, 4.69) is 10.2 Å². The molecule has 0 atom stereocenters. The van der Waals surface area contributed by atoms with Gasteiger partial charge in [-0.25, -0.2) is 4.68 Å². The van der Waals surface area contributed by atoms with Crippen molar-refractivity contribution in [2.45, 2.75) is 50.7 Å². The lowest BCUT2D eigenvalue weighted by molar-refractivity contribution is 0.0964. The number of aromatic nitrogens is 4. The predicted molar refractivity (Wildman–Crippen MR) is 126 cm³/mol. The maximum absolute atomic E-state index is 13.6. The van der Waals surface area contributed by atoms with Gasteiger partial charge in [0.25, 0.3) is 0 Å². The molecule has 2 aromatic heterocycles. The maximum Gasteiger partial charge on any atom is 0.310 e. The Morgan fingerprint density at radius 3 is 2.38 bits per heavy atom. The Labute approximate surface area is 209 Å². The van der Waals surface area contributed by atoms with Crippen molar-refractivity contribution in [3.8, 4) is 11.6 Å². The van der Waals surface area contributed by atoms with E-state index in [0.717, 1.165) is 28.1 Å². The van der Waals surface area contributed by atoms with E-state index in [4.69, 9.17) is 19.6 Å². The van der Waals surface area contributed by atoms with Crippen LogP contribution in [0.4, 0.5) is 19.4 Å². The van der Waals surface area contributed by atoms with Crippen LogP contribution < -0.4 is 15.1 Å².